The van der Waals surface area contributed by atoms with Crippen LogP contribution in [0.25, 0.3) is 0 Å². The summed E-state index contributed by atoms with van der Waals surface area (Å²) >= 11 is 0. The Labute approximate surface area is 143 Å². The van der Waals surface area contributed by atoms with Gasteiger partial charge >= 0.3 is 0 Å². The van der Waals surface area contributed by atoms with Crippen molar-refractivity contribution in [2.24, 2.45) is 5.41 Å². The van der Waals surface area contributed by atoms with Crippen LogP contribution in [0.4, 0.5) is 0 Å². The first-order chi connectivity index (χ1) is 11.7. The van der Waals surface area contributed by atoms with Crippen LogP contribution in [-0.4, -0.2) is 30.9 Å². The minimum atomic E-state index is -0.204. The van der Waals surface area contributed by atoms with Gasteiger partial charge in [0.15, 0.2) is 5.78 Å². The van der Waals surface area contributed by atoms with Crippen LogP contribution in [0, 0.1) is 5.41 Å². The Hall–Kier alpha value is -2.13. The molecule has 0 saturated carbocycles. The molecule has 2 aliphatic rings. The predicted molar refractivity (Wildman–Crippen MR) is 94.4 cm³/mol. The molecule has 1 saturated heterocycles. The Balaban J connectivity index is 1.49. The lowest BCUT2D eigenvalue weighted by Crippen LogP contribution is -2.42. The Kier molecular flexibility index (Phi) is 3.89. The van der Waals surface area contributed by atoms with Crippen LogP contribution in [-0.2, 0) is 13.0 Å². The first kappa shape index (κ1) is 15.4. The van der Waals surface area contributed by atoms with Gasteiger partial charge in [0.05, 0.1) is 7.11 Å². The molecule has 1 aliphatic heterocycles. The van der Waals surface area contributed by atoms with Crippen LogP contribution in [0.3, 0.4) is 0 Å². The summed E-state index contributed by atoms with van der Waals surface area (Å²) in [7, 11) is 1.69. The van der Waals surface area contributed by atoms with E-state index in [1.165, 1.54) is 5.56 Å². The lowest BCUT2D eigenvalue weighted by molar-refractivity contribution is 0.0623. The van der Waals surface area contributed by atoms with Crippen molar-refractivity contribution in [1.29, 1.82) is 0 Å². The highest BCUT2D eigenvalue weighted by atomic mass is 16.5. The smallest absolute Gasteiger partial charge is 0.169 e. The predicted octanol–water partition coefficient (Wildman–Crippen LogP) is 3.72. The molecule has 124 valence electrons. The summed E-state index contributed by atoms with van der Waals surface area (Å²) in [5.74, 6) is 1.19. The van der Waals surface area contributed by atoms with E-state index < -0.39 is 0 Å². The van der Waals surface area contributed by atoms with Gasteiger partial charge in [-0.3, -0.25) is 9.69 Å². The quantitative estimate of drug-likeness (QED) is 0.863. The molecule has 24 heavy (non-hydrogen) atoms. The van der Waals surface area contributed by atoms with Gasteiger partial charge in [0.1, 0.15) is 5.75 Å². The number of hydrogen-bond donors (Lipinski definition) is 0. The van der Waals surface area contributed by atoms with E-state index in [1.807, 2.05) is 18.2 Å². The molecule has 0 aromatic heterocycles. The third-order valence-electron chi connectivity index (χ3n) is 5.66. The van der Waals surface area contributed by atoms with Gasteiger partial charge in [0, 0.05) is 23.1 Å². The third kappa shape index (κ3) is 2.53. The number of methoxy groups -OCH3 is 1. The number of piperidine rings is 1. The maximum Gasteiger partial charge on any atom is 0.169 e. The summed E-state index contributed by atoms with van der Waals surface area (Å²) in [4.78, 5) is 15.5. The second kappa shape index (κ2) is 6.06. The van der Waals surface area contributed by atoms with Crippen LogP contribution < -0.4 is 4.74 Å². The van der Waals surface area contributed by atoms with Crippen LogP contribution in [0.2, 0.25) is 0 Å². The molecule has 1 heterocycles. The lowest BCUT2D eigenvalue weighted by atomic mass is 9.75. The van der Waals surface area contributed by atoms with E-state index in [4.69, 9.17) is 4.74 Å². The number of likely N-dealkylation sites (tertiary alicyclic amines) is 1. The highest BCUT2D eigenvalue weighted by Crippen LogP contribution is 2.47. The summed E-state index contributed by atoms with van der Waals surface area (Å²) in [6.07, 6.45) is 2.72. The van der Waals surface area contributed by atoms with Gasteiger partial charge in [-0.05, 0) is 44.0 Å². The maximum absolute atomic E-state index is 13.0. The van der Waals surface area contributed by atoms with Gasteiger partial charge in [0.2, 0.25) is 0 Å². The number of benzene rings is 2. The fourth-order valence-electron chi connectivity index (χ4n) is 4.24. The summed E-state index contributed by atoms with van der Waals surface area (Å²) < 4.78 is 5.48. The largest absolute Gasteiger partial charge is 0.496 e. The zero-order valence-corrected chi connectivity index (χ0v) is 14.1. The molecular weight excluding hydrogens is 298 g/mol. The Morgan fingerprint density at radius 1 is 1.04 bits per heavy atom. The summed E-state index contributed by atoms with van der Waals surface area (Å²) in [5.41, 5.74) is 3.13. The minimum absolute atomic E-state index is 0.204. The van der Waals surface area contributed by atoms with Crippen molar-refractivity contribution in [3.63, 3.8) is 0 Å². The summed E-state index contributed by atoms with van der Waals surface area (Å²) in [6.45, 7) is 2.94. The van der Waals surface area contributed by atoms with Gasteiger partial charge in [-0.25, -0.2) is 0 Å². The third-order valence-corrected chi connectivity index (χ3v) is 5.66. The number of hydrogen-bond acceptors (Lipinski definition) is 3. The number of ether oxygens (including phenoxy) is 1. The maximum atomic E-state index is 13.0. The number of rotatable bonds is 3. The molecule has 0 N–H and O–H groups in total. The average Bonchev–Trinajstić information content (AvgIpc) is 2.90. The SMILES string of the molecule is COc1cccc2c1CC1(CCN(Cc3ccccc3)CC1)C2=O. The van der Waals surface area contributed by atoms with E-state index in [0.29, 0.717) is 5.78 Å². The molecule has 0 radical (unpaired) electrons. The number of carbonyl (C=O) groups excluding carboxylic acids is 1. The number of fused-ring (bicyclic) bond motifs is 1. The molecule has 3 nitrogen and oxygen atoms in total. The first-order valence-electron chi connectivity index (χ1n) is 8.69. The van der Waals surface area contributed by atoms with Crippen molar-refractivity contribution in [3.05, 3.63) is 65.2 Å². The van der Waals surface area contributed by atoms with Gasteiger partial charge < -0.3 is 4.74 Å². The first-order valence-corrected chi connectivity index (χ1v) is 8.69. The van der Waals surface area contributed by atoms with Crippen molar-refractivity contribution in [3.8, 4) is 5.75 Å². The summed E-state index contributed by atoms with van der Waals surface area (Å²) in [6, 6.07) is 16.4. The molecule has 3 heteroatoms. The van der Waals surface area contributed by atoms with Crippen LogP contribution in [0.15, 0.2) is 48.5 Å². The highest BCUT2D eigenvalue weighted by Gasteiger charge is 2.47. The fraction of sp³-hybridized carbons (Fsp3) is 0.381. The van der Waals surface area contributed by atoms with Crippen molar-refractivity contribution < 1.29 is 9.53 Å². The average molecular weight is 321 g/mol. The van der Waals surface area contributed by atoms with E-state index in [0.717, 1.165) is 55.8 Å². The van der Waals surface area contributed by atoms with Crippen LogP contribution in [0.5, 0.6) is 5.75 Å². The molecule has 1 aliphatic carbocycles. The molecule has 4 rings (SSSR count). The van der Waals surface area contributed by atoms with Gasteiger partial charge in [-0.15, -0.1) is 0 Å². The minimum Gasteiger partial charge on any atom is -0.496 e. The lowest BCUT2D eigenvalue weighted by Gasteiger charge is -2.38. The molecule has 2 aromatic rings. The topological polar surface area (TPSA) is 29.5 Å². The standard InChI is InChI=1S/C21H23NO2/c1-24-19-9-5-8-17-18(19)14-21(20(17)23)10-12-22(13-11-21)15-16-6-3-2-4-7-16/h2-9H,10-15H2,1H3. The van der Waals surface area contributed by atoms with Crippen molar-refractivity contribution in [1.82, 2.24) is 4.90 Å². The monoisotopic (exact) mass is 321 g/mol. The van der Waals surface area contributed by atoms with Gasteiger partial charge in [0.25, 0.3) is 0 Å². The van der Waals surface area contributed by atoms with E-state index in [2.05, 4.69) is 35.2 Å². The zero-order chi connectivity index (χ0) is 16.6. The molecule has 0 atom stereocenters. The molecule has 0 unspecified atom stereocenters. The van der Waals surface area contributed by atoms with Gasteiger partial charge in [-0.1, -0.05) is 42.5 Å². The van der Waals surface area contributed by atoms with E-state index in [9.17, 15) is 4.79 Å². The van der Waals surface area contributed by atoms with E-state index in [1.54, 1.807) is 7.11 Å². The Morgan fingerprint density at radius 3 is 2.50 bits per heavy atom. The number of ketones is 1. The van der Waals surface area contributed by atoms with E-state index >= 15 is 0 Å². The van der Waals surface area contributed by atoms with Crippen molar-refractivity contribution in [2.75, 3.05) is 20.2 Å². The van der Waals surface area contributed by atoms with E-state index in [-0.39, 0.29) is 5.41 Å². The molecule has 0 bridgehead atoms. The molecular formula is C21H23NO2. The van der Waals surface area contributed by atoms with Crippen LogP contribution >= 0.6 is 0 Å². The summed E-state index contributed by atoms with van der Waals surface area (Å²) in [5, 5.41) is 0. The van der Waals surface area contributed by atoms with Crippen molar-refractivity contribution in [2.45, 2.75) is 25.8 Å². The van der Waals surface area contributed by atoms with Gasteiger partial charge in [-0.2, -0.15) is 0 Å². The molecule has 1 spiro atoms. The normalized spacial score (nSPS) is 19.5. The van der Waals surface area contributed by atoms with Crippen LogP contribution in [0.1, 0.15) is 34.3 Å². The number of Topliss-reactive ketones (excluding diaryl/α,β-unsaturated/α-hetero) is 1. The second-order valence-electron chi connectivity index (χ2n) is 7.03. The number of nitrogens with zero attached hydrogens (tertiary/aromatic N) is 1. The molecule has 2 aromatic carbocycles. The zero-order valence-electron chi connectivity index (χ0n) is 14.1. The van der Waals surface area contributed by atoms with Crippen molar-refractivity contribution >= 4 is 5.78 Å². The highest BCUT2D eigenvalue weighted by molar-refractivity contribution is 6.05. The molecule has 1 fully saturated rings. The molecule has 0 amide bonds. The Bertz CT molecular complexity index is 746. The number of carbonyl (C=O) groups is 1. The fourth-order valence-corrected chi connectivity index (χ4v) is 4.24. The Morgan fingerprint density at radius 2 is 1.79 bits per heavy atom. The second-order valence-corrected chi connectivity index (χ2v) is 7.03.